The van der Waals surface area contributed by atoms with Crippen LogP contribution >= 0.6 is 11.6 Å². The number of benzene rings is 1. The molecule has 6 nitrogen and oxygen atoms in total. The first-order valence-electron chi connectivity index (χ1n) is 12.0. The van der Waals surface area contributed by atoms with Crippen LogP contribution in [0.4, 0.5) is 4.39 Å². The summed E-state index contributed by atoms with van der Waals surface area (Å²) < 4.78 is 20.9. The summed E-state index contributed by atoms with van der Waals surface area (Å²) in [6, 6.07) is 9.27. The number of aliphatic carboxylic acids is 1. The second kappa shape index (κ2) is 11.3. The minimum Gasteiger partial charge on any atom is -0.497 e. The lowest BCUT2D eigenvalue weighted by Gasteiger charge is -2.39. The number of fused-ring (bicyclic) bond motifs is 1. The first kappa shape index (κ1) is 25.3. The minimum absolute atomic E-state index is 0.0867. The predicted octanol–water partition coefficient (Wildman–Crippen LogP) is 5.88. The molecule has 0 saturated carbocycles. The molecule has 3 aromatic rings. The summed E-state index contributed by atoms with van der Waals surface area (Å²) in [4.78, 5) is 23.0. The van der Waals surface area contributed by atoms with Crippen molar-refractivity contribution < 1.29 is 19.0 Å². The van der Waals surface area contributed by atoms with Crippen molar-refractivity contribution in [3.8, 4) is 5.75 Å². The second-order valence-corrected chi connectivity index (χ2v) is 9.71. The fourth-order valence-electron chi connectivity index (χ4n) is 4.99. The van der Waals surface area contributed by atoms with Crippen LogP contribution in [-0.4, -0.2) is 52.7 Å². The summed E-state index contributed by atoms with van der Waals surface area (Å²) in [6.45, 7) is 2.32. The molecule has 0 bridgehead atoms. The van der Waals surface area contributed by atoms with E-state index >= 15 is 4.39 Å². The van der Waals surface area contributed by atoms with Crippen molar-refractivity contribution in [2.24, 2.45) is 5.41 Å². The average Bonchev–Trinajstić information content (AvgIpc) is 2.88. The number of piperidine rings is 1. The molecule has 0 amide bonds. The van der Waals surface area contributed by atoms with Crippen LogP contribution in [0.3, 0.4) is 0 Å². The smallest absolute Gasteiger partial charge is 0.309 e. The summed E-state index contributed by atoms with van der Waals surface area (Å²) in [6.07, 6.45) is 7.03. The molecule has 1 saturated heterocycles. The monoisotopic (exact) mass is 499 g/mol. The van der Waals surface area contributed by atoms with Crippen molar-refractivity contribution in [3.63, 3.8) is 0 Å². The van der Waals surface area contributed by atoms with Gasteiger partial charge < -0.3 is 14.7 Å². The fourth-order valence-corrected chi connectivity index (χ4v) is 5.26. The molecule has 1 atom stereocenters. The Kier molecular flexibility index (Phi) is 8.19. The minimum atomic E-state index is -1.39. The highest BCUT2D eigenvalue weighted by Gasteiger charge is 2.41. The normalized spacial score (nSPS) is 16.8. The number of carboxylic acids is 1. The van der Waals surface area contributed by atoms with Gasteiger partial charge in [0.2, 0.25) is 0 Å². The number of nitrogens with zero attached hydrogens (tertiary/aromatic N) is 3. The summed E-state index contributed by atoms with van der Waals surface area (Å²) in [5.74, 6) is -0.250. The van der Waals surface area contributed by atoms with Crippen molar-refractivity contribution in [3.05, 3.63) is 65.1 Å². The van der Waals surface area contributed by atoms with Crippen molar-refractivity contribution in [1.29, 1.82) is 0 Å². The molecular weight excluding hydrogens is 469 g/mol. The van der Waals surface area contributed by atoms with Crippen LogP contribution in [0.1, 0.15) is 49.4 Å². The zero-order chi connectivity index (χ0) is 24.8. The van der Waals surface area contributed by atoms with Crippen LogP contribution in [0.25, 0.3) is 10.9 Å². The van der Waals surface area contributed by atoms with Crippen LogP contribution in [-0.2, 0) is 11.2 Å². The van der Waals surface area contributed by atoms with Gasteiger partial charge in [-0.05, 0) is 88.0 Å². The van der Waals surface area contributed by atoms with Crippen LogP contribution < -0.4 is 4.74 Å². The molecule has 0 aliphatic carbocycles. The molecule has 1 N–H and O–H groups in total. The van der Waals surface area contributed by atoms with Crippen LogP contribution in [0, 0.1) is 5.41 Å². The topological polar surface area (TPSA) is 75.6 Å². The van der Waals surface area contributed by atoms with E-state index in [1.165, 1.54) is 11.8 Å². The zero-order valence-electron chi connectivity index (χ0n) is 19.9. The van der Waals surface area contributed by atoms with E-state index in [1.54, 1.807) is 31.5 Å². The first-order chi connectivity index (χ1) is 16.9. The number of aryl methyl sites for hydroxylation is 1. The molecule has 3 heterocycles. The van der Waals surface area contributed by atoms with Gasteiger partial charge in [0.05, 0.1) is 23.1 Å². The maximum absolute atomic E-state index is 15.6. The number of pyridine rings is 2. The maximum Gasteiger partial charge on any atom is 0.309 e. The number of hydrogen-bond donors (Lipinski definition) is 1. The Morgan fingerprint density at radius 1 is 1.29 bits per heavy atom. The molecular formula is C27H31ClFN3O3. The zero-order valence-corrected chi connectivity index (χ0v) is 20.7. The summed E-state index contributed by atoms with van der Waals surface area (Å²) in [7, 11) is 1.55. The SMILES string of the molecule is COc1ccc2ncc(Cl)c(C(F)CCC3(C(=O)O)CCN(CCCc4cccnc4)CC3)c2c1. The molecule has 0 spiro atoms. The van der Waals surface area contributed by atoms with Crippen LogP contribution in [0.2, 0.25) is 5.02 Å². The molecule has 186 valence electrons. The third-order valence-electron chi connectivity index (χ3n) is 7.19. The number of methoxy groups -OCH3 is 1. The van der Waals surface area contributed by atoms with E-state index in [4.69, 9.17) is 16.3 Å². The number of alkyl halides is 1. The van der Waals surface area contributed by atoms with Gasteiger partial charge >= 0.3 is 5.97 Å². The Bertz CT molecular complexity index is 1150. The Labute approximate surface area is 210 Å². The van der Waals surface area contributed by atoms with E-state index in [-0.39, 0.29) is 17.9 Å². The highest BCUT2D eigenvalue weighted by Crippen LogP contribution is 2.42. The van der Waals surface area contributed by atoms with E-state index in [0.29, 0.717) is 48.1 Å². The lowest BCUT2D eigenvalue weighted by molar-refractivity contribution is -0.153. The Balaban J connectivity index is 1.38. The molecule has 8 heteroatoms. The summed E-state index contributed by atoms with van der Waals surface area (Å²) in [5.41, 5.74) is 1.26. The van der Waals surface area contributed by atoms with Gasteiger partial charge in [0.25, 0.3) is 0 Å². The predicted molar refractivity (Wildman–Crippen MR) is 135 cm³/mol. The second-order valence-electron chi connectivity index (χ2n) is 9.30. The van der Waals surface area contributed by atoms with Crippen molar-refractivity contribution in [1.82, 2.24) is 14.9 Å². The van der Waals surface area contributed by atoms with E-state index in [1.807, 2.05) is 12.3 Å². The number of aromatic nitrogens is 2. The van der Waals surface area contributed by atoms with E-state index in [2.05, 4.69) is 20.9 Å². The third kappa shape index (κ3) is 5.90. The fraction of sp³-hybridized carbons (Fsp3) is 0.444. The molecule has 2 aromatic heterocycles. The quantitative estimate of drug-likeness (QED) is 0.375. The number of rotatable bonds is 10. The first-order valence-corrected chi connectivity index (χ1v) is 12.4. The lowest BCUT2D eigenvalue weighted by atomic mass is 9.74. The average molecular weight is 500 g/mol. The van der Waals surface area contributed by atoms with Crippen molar-refractivity contribution >= 4 is 28.5 Å². The molecule has 1 aliphatic heterocycles. The van der Waals surface area contributed by atoms with Gasteiger partial charge in [-0.15, -0.1) is 0 Å². The largest absolute Gasteiger partial charge is 0.497 e. The highest BCUT2D eigenvalue weighted by molar-refractivity contribution is 6.32. The molecule has 1 fully saturated rings. The number of carboxylic acid groups (broad SMARTS) is 1. The number of ether oxygens (including phenoxy) is 1. The van der Waals surface area contributed by atoms with Gasteiger partial charge in [-0.1, -0.05) is 17.7 Å². The summed E-state index contributed by atoms with van der Waals surface area (Å²) >= 11 is 6.35. The van der Waals surface area contributed by atoms with Crippen molar-refractivity contribution in [2.45, 2.75) is 44.7 Å². The van der Waals surface area contributed by atoms with Gasteiger partial charge in [0.1, 0.15) is 11.9 Å². The Morgan fingerprint density at radius 3 is 2.77 bits per heavy atom. The van der Waals surface area contributed by atoms with E-state index in [0.717, 1.165) is 19.4 Å². The van der Waals surface area contributed by atoms with Gasteiger partial charge in [-0.2, -0.15) is 0 Å². The molecule has 4 rings (SSSR count). The molecule has 1 aliphatic rings. The Hall–Kier alpha value is -2.77. The molecule has 0 radical (unpaired) electrons. The van der Waals surface area contributed by atoms with E-state index < -0.39 is 17.6 Å². The number of halogens is 2. The van der Waals surface area contributed by atoms with Crippen molar-refractivity contribution in [2.75, 3.05) is 26.7 Å². The molecule has 1 aromatic carbocycles. The molecule has 1 unspecified atom stereocenters. The van der Waals surface area contributed by atoms with Crippen LogP contribution in [0.15, 0.2) is 48.9 Å². The van der Waals surface area contributed by atoms with Gasteiger partial charge in [0.15, 0.2) is 0 Å². The lowest BCUT2D eigenvalue weighted by Crippen LogP contribution is -2.44. The Morgan fingerprint density at radius 2 is 2.09 bits per heavy atom. The van der Waals surface area contributed by atoms with E-state index in [9.17, 15) is 9.90 Å². The summed E-state index contributed by atoms with van der Waals surface area (Å²) in [5, 5.41) is 10.9. The number of hydrogen-bond acceptors (Lipinski definition) is 5. The molecule has 35 heavy (non-hydrogen) atoms. The standard InChI is InChI=1S/C27H31ClFN3O3/c1-35-20-6-7-24-21(16-20)25(22(28)18-31-24)23(29)8-9-27(26(33)34)10-14-32(15-11-27)13-3-5-19-4-2-12-30-17-19/h2,4,6-7,12,16-18,23H,3,5,8-11,13-15H2,1H3,(H,33,34). The number of carbonyl (C=O) groups is 1. The van der Waals surface area contributed by atoms with Gasteiger partial charge in [-0.25, -0.2) is 4.39 Å². The third-order valence-corrected chi connectivity index (χ3v) is 7.49. The number of likely N-dealkylation sites (tertiary alicyclic amines) is 1. The van der Waals surface area contributed by atoms with Gasteiger partial charge in [-0.3, -0.25) is 14.8 Å². The van der Waals surface area contributed by atoms with Crippen LogP contribution in [0.5, 0.6) is 5.75 Å². The maximum atomic E-state index is 15.6. The van der Waals surface area contributed by atoms with Gasteiger partial charge in [0, 0.05) is 29.5 Å². The highest BCUT2D eigenvalue weighted by atomic mass is 35.5.